The van der Waals surface area contributed by atoms with Gasteiger partial charge in [-0.1, -0.05) is 37.3 Å². The highest BCUT2D eigenvalue weighted by Gasteiger charge is 2.38. The zero-order chi connectivity index (χ0) is 16.3. The first-order valence-corrected chi connectivity index (χ1v) is 10.0. The maximum absolute atomic E-state index is 12.3. The lowest BCUT2D eigenvalue weighted by atomic mass is 9.67. The Morgan fingerprint density at radius 2 is 1.91 bits per heavy atom. The van der Waals surface area contributed by atoms with Crippen LogP contribution in [0.4, 0.5) is 0 Å². The number of benzene rings is 1. The predicted octanol–water partition coefficient (Wildman–Crippen LogP) is 1.43. The Morgan fingerprint density at radius 1 is 1.22 bits per heavy atom. The smallest absolute Gasteiger partial charge is 0.215 e. The minimum Gasteiger partial charge on any atom is -0.379 e. The van der Waals surface area contributed by atoms with Crippen LogP contribution in [0.15, 0.2) is 30.3 Å². The molecule has 3 rings (SSSR count). The van der Waals surface area contributed by atoms with Crippen LogP contribution in [0.5, 0.6) is 0 Å². The molecule has 3 atom stereocenters. The van der Waals surface area contributed by atoms with Crippen molar-refractivity contribution in [3.05, 3.63) is 35.9 Å². The molecule has 23 heavy (non-hydrogen) atoms. The molecule has 1 saturated heterocycles. The molecular formula is C17H26N2O3S. The van der Waals surface area contributed by atoms with Gasteiger partial charge < -0.3 is 10.1 Å². The molecular weight excluding hydrogens is 312 g/mol. The van der Waals surface area contributed by atoms with E-state index in [0.29, 0.717) is 50.7 Å². The third-order valence-electron chi connectivity index (χ3n) is 5.13. The summed E-state index contributed by atoms with van der Waals surface area (Å²) >= 11 is 0. The van der Waals surface area contributed by atoms with Crippen LogP contribution in [-0.2, 0) is 14.8 Å². The van der Waals surface area contributed by atoms with Crippen LogP contribution in [0.2, 0.25) is 0 Å². The van der Waals surface area contributed by atoms with Crippen molar-refractivity contribution in [3.8, 4) is 0 Å². The average Bonchev–Trinajstić information content (AvgIpc) is 2.58. The summed E-state index contributed by atoms with van der Waals surface area (Å²) in [7, 11) is -3.16. The van der Waals surface area contributed by atoms with E-state index < -0.39 is 10.0 Å². The zero-order valence-corrected chi connectivity index (χ0v) is 14.5. The van der Waals surface area contributed by atoms with Crippen molar-refractivity contribution in [2.75, 3.05) is 38.6 Å². The number of rotatable bonds is 6. The average molecular weight is 338 g/mol. The molecule has 1 aliphatic heterocycles. The molecule has 1 heterocycles. The summed E-state index contributed by atoms with van der Waals surface area (Å²) in [4.78, 5) is 0. The molecule has 0 radical (unpaired) electrons. The first-order valence-electron chi connectivity index (χ1n) is 8.42. The van der Waals surface area contributed by atoms with E-state index >= 15 is 0 Å². The van der Waals surface area contributed by atoms with Gasteiger partial charge in [0.1, 0.15) is 0 Å². The van der Waals surface area contributed by atoms with Crippen LogP contribution < -0.4 is 5.32 Å². The second-order valence-electron chi connectivity index (χ2n) is 6.50. The fourth-order valence-electron chi connectivity index (χ4n) is 3.52. The molecule has 0 aromatic heterocycles. The molecule has 1 aromatic carbocycles. The van der Waals surface area contributed by atoms with E-state index in [2.05, 4.69) is 36.5 Å². The Balaban J connectivity index is 1.43. The summed E-state index contributed by atoms with van der Waals surface area (Å²) in [5.41, 5.74) is 1.39. The Morgan fingerprint density at radius 3 is 2.57 bits per heavy atom. The molecule has 0 spiro atoms. The third kappa shape index (κ3) is 3.94. The van der Waals surface area contributed by atoms with Gasteiger partial charge in [-0.2, -0.15) is 4.31 Å². The molecule has 3 unspecified atom stereocenters. The predicted molar refractivity (Wildman–Crippen MR) is 90.9 cm³/mol. The van der Waals surface area contributed by atoms with Crippen molar-refractivity contribution < 1.29 is 13.2 Å². The first-order chi connectivity index (χ1) is 11.1. The summed E-state index contributed by atoms with van der Waals surface area (Å²) in [6, 6.07) is 11.0. The van der Waals surface area contributed by atoms with Gasteiger partial charge in [0.15, 0.2) is 0 Å². The third-order valence-corrected chi connectivity index (χ3v) is 7.01. The fraction of sp³-hybridized carbons (Fsp3) is 0.647. The summed E-state index contributed by atoms with van der Waals surface area (Å²) in [6.07, 6.45) is 1.09. The minimum atomic E-state index is -3.16. The lowest BCUT2D eigenvalue weighted by molar-refractivity contribution is 0.0730. The number of hydrogen-bond acceptors (Lipinski definition) is 4. The van der Waals surface area contributed by atoms with Gasteiger partial charge in [0.25, 0.3) is 0 Å². The van der Waals surface area contributed by atoms with Crippen molar-refractivity contribution >= 4 is 10.0 Å². The van der Waals surface area contributed by atoms with Gasteiger partial charge >= 0.3 is 0 Å². The lowest BCUT2D eigenvalue weighted by Crippen LogP contribution is -2.50. The molecule has 5 nitrogen and oxygen atoms in total. The molecule has 1 aromatic rings. The number of morpholine rings is 1. The van der Waals surface area contributed by atoms with Crippen LogP contribution in [0.3, 0.4) is 0 Å². The number of nitrogens with one attached hydrogen (secondary N) is 1. The Kier molecular flexibility index (Phi) is 5.36. The van der Waals surface area contributed by atoms with Gasteiger partial charge in [-0.25, -0.2) is 8.42 Å². The number of ether oxygens (including phenoxy) is 1. The second kappa shape index (κ2) is 7.30. The quantitative estimate of drug-likeness (QED) is 0.852. The van der Waals surface area contributed by atoms with Crippen LogP contribution >= 0.6 is 0 Å². The van der Waals surface area contributed by atoms with Crippen molar-refractivity contribution in [2.24, 2.45) is 5.92 Å². The van der Waals surface area contributed by atoms with Gasteiger partial charge in [0.2, 0.25) is 10.0 Å². The highest BCUT2D eigenvalue weighted by molar-refractivity contribution is 7.89. The Bertz CT molecular complexity index is 600. The number of hydrogen-bond donors (Lipinski definition) is 1. The molecule has 128 valence electrons. The molecule has 0 amide bonds. The lowest BCUT2D eigenvalue weighted by Gasteiger charge is -2.44. The van der Waals surface area contributed by atoms with Crippen molar-refractivity contribution in [3.63, 3.8) is 0 Å². The fourth-order valence-corrected chi connectivity index (χ4v) is 4.86. The van der Waals surface area contributed by atoms with Crippen molar-refractivity contribution in [1.29, 1.82) is 0 Å². The van der Waals surface area contributed by atoms with Gasteiger partial charge in [-0.15, -0.1) is 0 Å². The summed E-state index contributed by atoms with van der Waals surface area (Å²) in [5.74, 6) is 1.31. The van der Waals surface area contributed by atoms with Crippen molar-refractivity contribution in [2.45, 2.75) is 25.3 Å². The van der Waals surface area contributed by atoms with Gasteiger partial charge in [0.05, 0.1) is 19.0 Å². The minimum absolute atomic E-state index is 0.173. The number of sulfonamides is 1. The number of nitrogens with zero attached hydrogens (tertiary/aromatic N) is 1. The molecule has 2 aliphatic rings. The largest absolute Gasteiger partial charge is 0.379 e. The normalized spacial score (nSPS) is 29.2. The topological polar surface area (TPSA) is 58.6 Å². The summed E-state index contributed by atoms with van der Waals surface area (Å²) in [5, 5.41) is 3.43. The van der Waals surface area contributed by atoms with Crippen molar-refractivity contribution in [1.82, 2.24) is 9.62 Å². The molecule has 2 fully saturated rings. The zero-order valence-electron chi connectivity index (χ0n) is 13.6. The molecule has 1 N–H and O–H groups in total. The van der Waals surface area contributed by atoms with E-state index in [1.54, 1.807) is 4.31 Å². The SMILES string of the molecule is CC1C(NCCS(=O)(=O)N2CCOCC2)CC1c1ccccc1. The van der Waals surface area contributed by atoms with Crippen LogP contribution in [0.1, 0.15) is 24.8 Å². The molecule has 6 heteroatoms. The van der Waals surface area contributed by atoms with E-state index in [4.69, 9.17) is 4.74 Å². The van der Waals surface area contributed by atoms with Crippen LogP contribution in [-0.4, -0.2) is 57.4 Å². The monoisotopic (exact) mass is 338 g/mol. The summed E-state index contributed by atoms with van der Waals surface area (Å²) < 4.78 is 31.3. The molecule has 0 bridgehead atoms. The summed E-state index contributed by atoms with van der Waals surface area (Å²) in [6.45, 7) is 4.75. The highest BCUT2D eigenvalue weighted by Crippen LogP contribution is 2.42. The van der Waals surface area contributed by atoms with Gasteiger partial charge in [-0.3, -0.25) is 0 Å². The van der Waals surface area contributed by atoms with Crippen LogP contribution in [0.25, 0.3) is 0 Å². The van der Waals surface area contributed by atoms with E-state index in [0.717, 1.165) is 6.42 Å². The van der Waals surface area contributed by atoms with E-state index in [1.807, 2.05) is 6.07 Å². The Labute approximate surface area is 139 Å². The van der Waals surface area contributed by atoms with E-state index in [1.165, 1.54) is 5.56 Å². The standard InChI is InChI=1S/C17H26N2O3S/c1-14-16(15-5-3-2-4-6-15)13-17(14)18-7-12-23(20,21)19-8-10-22-11-9-19/h2-6,14,16-18H,7-13H2,1H3. The van der Waals surface area contributed by atoms with E-state index in [-0.39, 0.29) is 5.75 Å². The van der Waals surface area contributed by atoms with Gasteiger partial charge in [-0.05, 0) is 23.8 Å². The second-order valence-corrected chi connectivity index (χ2v) is 8.59. The highest BCUT2D eigenvalue weighted by atomic mass is 32.2. The Hall–Kier alpha value is -0.950. The molecule has 1 saturated carbocycles. The first kappa shape index (κ1) is 16.9. The van der Waals surface area contributed by atoms with E-state index in [9.17, 15) is 8.42 Å². The van der Waals surface area contributed by atoms with Crippen LogP contribution in [0, 0.1) is 5.92 Å². The maximum Gasteiger partial charge on any atom is 0.215 e. The van der Waals surface area contributed by atoms with Gasteiger partial charge in [0, 0.05) is 25.7 Å². The maximum atomic E-state index is 12.3. The molecule has 1 aliphatic carbocycles.